The van der Waals surface area contributed by atoms with Crippen LogP contribution in [0.1, 0.15) is 42.6 Å². The van der Waals surface area contributed by atoms with E-state index in [2.05, 4.69) is 20.3 Å². The van der Waals surface area contributed by atoms with Crippen LogP contribution in [0.15, 0.2) is 0 Å². The van der Waals surface area contributed by atoms with Crippen molar-refractivity contribution in [2.45, 2.75) is 51.4 Å². The first-order valence-corrected chi connectivity index (χ1v) is 8.57. The third-order valence-corrected chi connectivity index (χ3v) is 4.94. The van der Waals surface area contributed by atoms with Crippen LogP contribution in [0.4, 0.5) is 4.39 Å². The van der Waals surface area contributed by atoms with Crippen molar-refractivity contribution in [3.63, 3.8) is 0 Å². The molecule has 1 aliphatic rings. The van der Waals surface area contributed by atoms with Crippen LogP contribution in [0.3, 0.4) is 0 Å². The molecule has 8 nitrogen and oxygen atoms in total. The molecule has 2 N–H and O–H groups in total. The number of hydrogen-bond acceptors (Lipinski definition) is 8. The topological polar surface area (TPSA) is 111 Å². The number of carbonyl (C=O) groups excluding carboxylic acids is 2. The van der Waals surface area contributed by atoms with Crippen LogP contribution in [0.5, 0.6) is 0 Å². The average molecular weight is 368 g/mol. The number of halogens is 1. The predicted octanol–water partition coefficient (Wildman–Crippen LogP) is 0.755. The van der Waals surface area contributed by atoms with E-state index in [0.717, 1.165) is 11.5 Å². The van der Waals surface area contributed by atoms with E-state index in [1.54, 1.807) is 20.8 Å². The monoisotopic (exact) mass is 368 g/mol. The van der Waals surface area contributed by atoms with Gasteiger partial charge >= 0.3 is 0 Å². The Bertz CT molecular complexity index is 715. The zero-order valence-corrected chi connectivity index (χ0v) is 15.4. The maximum absolute atomic E-state index is 13.9. The number of Topliss-reactive ketones (excluding diaryl/α,β-unsaturated/α-hetero) is 1. The Hall–Kier alpha value is -1.96. The molecular weight excluding hydrogens is 347 g/mol. The van der Waals surface area contributed by atoms with E-state index in [1.807, 2.05) is 6.07 Å². The minimum atomic E-state index is -1.53. The molecule has 10 heteroatoms. The van der Waals surface area contributed by atoms with Crippen LogP contribution in [-0.2, 0) is 4.79 Å². The van der Waals surface area contributed by atoms with Gasteiger partial charge in [0.2, 0.25) is 0 Å². The molecule has 1 amide bonds. The van der Waals surface area contributed by atoms with E-state index in [-0.39, 0.29) is 25.4 Å². The maximum atomic E-state index is 13.9. The Balaban J connectivity index is 2.05. The smallest absolute Gasteiger partial charge is 0.265 e. The molecule has 0 saturated carbocycles. The van der Waals surface area contributed by atoms with Gasteiger partial charge in [0.25, 0.3) is 5.91 Å². The Labute approximate surface area is 149 Å². The number of alkyl halides is 1. The van der Waals surface area contributed by atoms with Gasteiger partial charge in [0.1, 0.15) is 11.0 Å². The number of nitrogens with zero attached hydrogens (tertiary/aromatic N) is 4. The van der Waals surface area contributed by atoms with Crippen LogP contribution in [0.2, 0.25) is 0 Å². The first-order chi connectivity index (χ1) is 11.6. The van der Waals surface area contributed by atoms with Gasteiger partial charge in [-0.1, -0.05) is 4.49 Å². The first-order valence-electron chi connectivity index (χ1n) is 7.80. The number of nitriles is 1. The van der Waals surface area contributed by atoms with E-state index in [4.69, 9.17) is 0 Å². The van der Waals surface area contributed by atoms with Crippen LogP contribution in [0.25, 0.3) is 0 Å². The van der Waals surface area contributed by atoms with E-state index in [9.17, 15) is 19.2 Å². The van der Waals surface area contributed by atoms with Gasteiger partial charge in [-0.3, -0.25) is 9.59 Å². The molecule has 1 aromatic rings. The fraction of sp³-hybridized carbons (Fsp3) is 0.667. The van der Waals surface area contributed by atoms with Gasteiger partial charge in [0.15, 0.2) is 11.3 Å². The summed E-state index contributed by atoms with van der Waals surface area (Å²) in [5.41, 5.74) is 1.35. The van der Waals surface area contributed by atoms with Gasteiger partial charge in [-0.25, -0.2) is 14.8 Å². The minimum absolute atomic E-state index is 0.0671. The summed E-state index contributed by atoms with van der Waals surface area (Å²) in [5.74, 6) is -0.709. The van der Waals surface area contributed by atoms with Gasteiger partial charge in [-0.15, -0.1) is 5.10 Å². The van der Waals surface area contributed by atoms with Gasteiger partial charge < -0.3 is 5.32 Å². The second-order valence-electron chi connectivity index (χ2n) is 6.81. The van der Waals surface area contributed by atoms with Crippen molar-refractivity contribution in [1.29, 1.82) is 5.26 Å². The summed E-state index contributed by atoms with van der Waals surface area (Å²) in [6, 6.07) is 1.95. The highest BCUT2D eigenvalue weighted by Crippen LogP contribution is 2.31. The molecule has 0 aromatic carbocycles. The standard InChI is InChI=1S/C15H21FN6O2S/c1-9-12(25-21-19-9)13(24)18-8-14(3,4)20-22-6-11(16)5-15(22,7-17)10(2)23/h11,20H,5-6,8H2,1-4H3,(H,18,24)/t11-,15-/m0/s1. The number of carbonyl (C=O) groups is 2. The molecule has 0 bridgehead atoms. The largest absolute Gasteiger partial charge is 0.349 e. The predicted molar refractivity (Wildman–Crippen MR) is 89.4 cm³/mol. The molecule has 0 radical (unpaired) electrons. The van der Waals surface area contributed by atoms with Crippen molar-refractivity contribution < 1.29 is 14.0 Å². The fourth-order valence-electron chi connectivity index (χ4n) is 2.73. The van der Waals surface area contributed by atoms with Crippen molar-refractivity contribution in [3.8, 4) is 6.07 Å². The van der Waals surface area contributed by atoms with E-state index in [0.29, 0.717) is 10.6 Å². The van der Waals surface area contributed by atoms with Gasteiger partial charge in [-0.2, -0.15) is 5.26 Å². The number of aryl methyl sites for hydroxylation is 1. The van der Waals surface area contributed by atoms with Gasteiger partial charge in [-0.05, 0) is 39.2 Å². The number of ketones is 1. The highest BCUT2D eigenvalue weighted by Gasteiger charge is 2.51. The van der Waals surface area contributed by atoms with Gasteiger partial charge in [0, 0.05) is 25.0 Å². The molecule has 2 heterocycles. The molecule has 1 aliphatic heterocycles. The molecule has 0 aliphatic carbocycles. The van der Waals surface area contributed by atoms with Crippen LogP contribution < -0.4 is 10.7 Å². The summed E-state index contributed by atoms with van der Waals surface area (Å²) in [6.07, 6.45) is -1.44. The zero-order valence-electron chi connectivity index (χ0n) is 14.6. The van der Waals surface area contributed by atoms with E-state index in [1.165, 1.54) is 11.9 Å². The van der Waals surface area contributed by atoms with Crippen LogP contribution in [0, 0.1) is 18.3 Å². The summed E-state index contributed by atoms with van der Waals surface area (Å²) >= 11 is 1.01. The second-order valence-corrected chi connectivity index (χ2v) is 7.56. The second kappa shape index (κ2) is 7.11. The van der Waals surface area contributed by atoms with Crippen LogP contribution >= 0.6 is 11.5 Å². The van der Waals surface area contributed by atoms with Crippen molar-refractivity contribution >= 4 is 23.2 Å². The quantitative estimate of drug-likeness (QED) is 0.762. The summed E-state index contributed by atoms with van der Waals surface area (Å²) in [4.78, 5) is 24.5. The first kappa shape index (κ1) is 19.4. The SMILES string of the molecule is CC(=O)[C@@]1(C#N)C[C@H](F)CN1NC(C)(C)CNC(=O)c1snnc1C. The lowest BCUT2D eigenvalue weighted by atomic mass is 9.94. The number of amides is 1. The number of rotatable bonds is 6. The van der Waals surface area contributed by atoms with E-state index < -0.39 is 23.0 Å². The maximum Gasteiger partial charge on any atom is 0.265 e. The van der Waals surface area contributed by atoms with Crippen molar-refractivity contribution in [1.82, 2.24) is 25.3 Å². The van der Waals surface area contributed by atoms with Crippen molar-refractivity contribution in [2.75, 3.05) is 13.1 Å². The van der Waals surface area contributed by atoms with Crippen molar-refractivity contribution in [3.05, 3.63) is 10.6 Å². The number of hydrazine groups is 1. The molecule has 2 atom stereocenters. The molecule has 136 valence electrons. The summed E-state index contributed by atoms with van der Waals surface area (Å²) in [6.45, 7) is 6.70. The highest BCUT2D eigenvalue weighted by atomic mass is 32.1. The Morgan fingerprint density at radius 3 is 2.76 bits per heavy atom. The third-order valence-electron chi connectivity index (χ3n) is 4.11. The fourth-order valence-corrected chi connectivity index (χ4v) is 3.31. The Morgan fingerprint density at radius 1 is 1.56 bits per heavy atom. The molecule has 0 unspecified atom stereocenters. The lowest BCUT2D eigenvalue weighted by Crippen LogP contribution is -2.63. The summed E-state index contributed by atoms with van der Waals surface area (Å²) in [7, 11) is 0. The minimum Gasteiger partial charge on any atom is -0.349 e. The molecule has 25 heavy (non-hydrogen) atoms. The summed E-state index contributed by atoms with van der Waals surface area (Å²) < 4.78 is 17.6. The average Bonchev–Trinajstić information content (AvgIpc) is 3.08. The zero-order chi connectivity index (χ0) is 18.8. The molecule has 2 rings (SSSR count). The molecule has 1 saturated heterocycles. The molecule has 0 spiro atoms. The summed E-state index contributed by atoms with van der Waals surface area (Å²) in [5, 5.41) is 17.4. The van der Waals surface area contributed by atoms with Crippen molar-refractivity contribution in [2.24, 2.45) is 0 Å². The lowest BCUT2D eigenvalue weighted by molar-refractivity contribution is -0.126. The van der Waals surface area contributed by atoms with Gasteiger partial charge in [0.05, 0.1) is 11.8 Å². The molecule has 1 fully saturated rings. The number of hydrogen-bond donors (Lipinski definition) is 2. The normalized spacial score (nSPS) is 24.1. The van der Waals surface area contributed by atoms with E-state index >= 15 is 0 Å². The number of nitrogens with one attached hydrogen (secondary N) is 2. The Kier molecular flexibility index (Phi) is 5.51. The highest BCUT2D eigenvalue weighted by molar-refractivity contribution is 7.07. The Morgan fingerprint density at radius 2 is 2.24 bits per heavy atom. The molecule has 1 aromatic heterocycles. The third kappa shape index (κ3) is 4.00. The number of aromatic nitrogens is 2. The van der Waals surface area contributed by atoms with Crippen LogP contribution in [-0.4, -0.2) is 56.6 Å². The molecular formula is C15H21FN6O2S. The lowest BCUT2D eigenvalue weighted by Gasteiger charge is -2.37.